The van der Waals surface area contributed by atoms with Crippen molar-refractivity contribution in [3.63, 3.8) is 0 Å². The zero-order valence-electron chi connectivity index (χ0n) is 13.7. The molecular weight excluding hydrogens is 338 g/mol. The van der Waals surface area contributed by atoms with Crippen molar-refractivity contribution in [2.24, 2.45) is 7.05 Å². The Morgan fingerprint density at radius 1 is 1.44 bits per heavy atom. The van der Waals surface area contributed by atoms with E-state index in [0.29, 0.717) is 22.8 Å². The molecule has 1 saturated heterocycles. The number of halogens is 1. The van der Waals surface area contributed by atoms with Gasteiger partial charge in [-0.25, -0.2) is 4.98 Å². The first-order valence-electron chi connectivity index (χ1n) is 8.09. The number of benzene rings is 1. The molecule has 0 unspecified atom stereocenters. The van der Waals surface area contributed by atoms with Gasteiger partial charge in [-0.1, -0.05) is 11.6 Å². The molecule has 1 amide bonds. The number of likely N-dealkylation sites (tertiary alicyclic amines) is 1. The Kier molecular flexibility index (Phi) is 3.74. The van der Waals surface area contributed by atoms with Crippen LogP contribution >= 0.6 is 11.6 Å². The summed E-state index contributed by atoms with van der Waals surface area (Å²) in [5.41, 5.74) is 2.71. The lowest BCUT2D eigenvalue weighted by atomic mass is 10.2. The molecule has 6 nitrogen and oxygen atoms in total. The summed E-state index contributed by atoms with van der Waals surface area (Å²) in [6.45, 7) is 0.675. The summed E-state index contributed by atoms with van der Waals surface area (Å²) >= 11 is 6.04. The molecule has 25 heavy (non-hydrogen) atoms. The number of carbonyl (C=O) groups is 1. The Morgan fingerprint density at radius 2 is 2.28 bits per heavy atom. The second kappa shape index (κ2) is 5.94. The third kappa shape index (κ3) is 2.67. The number of fused-ring (bicyclic) bond motifs is 1. The van der Waals surface area contributed by atoms with E-state index in [1.807, 2.05) is 17.0 Å². The van der Waals surface area contributed by atoms with Crippen molar-refractivity contribution in [1.29, 1.82) is 5.26 Å². The number of rotatable bonds is 2. The van der Waals surface area contributed by atoms with Gasteiger partial charge in [0.1, 0.15) is 17.6 Å². The van der Waals surface area contributed by atoms with Crippen LogP contribution in [0.5, 0.6) is 0 Å². The quantitative estimate of drug-likeness (QED) is 0.766. The topological polar surface area (TPSA) is 77.7 Å². The lowest BCUT2D eigenvalue weighted by Crippen LogP contribution is -2.32. The Morgan fingerprint density at radius 3 is 3.04 bits per heavy atom. The molecule has 1 atom stereocenters. The molecule has 2 aromatic heterocycles. The molecule has 0 bridgehead atoms. The van der Waals surface area contributed by atoms with Gasteiger partial charge in [0, 0.05) is 24.8 Å². The van der Waals surface area contributed by atoms with Gasteiger partial charge in [0.05, 0.1) is 22.6 Å². The smallest absolute Gasteiger partial charge is 0.271 e. The van der Waals surface area contributed by atoms with Gasteiger partial charge in [0.15, 0.2) is 0 Å². The Labute approximate surface area is 149 Å². The predicted octanol–water partition coefficient (Wildman–Crippen LogP) is 3.40. The molecule has 0 spiro atoms. The maximum Gasteiger partial charge on any atom is 0.271 e. The molecular formula is C18H16ClN5O. The van der Waals surface area contributed by atoms with Crippen LogP contribution in [-0.4, -0.2) is 31.9 Å². The second-order valence-electron chi connectivity index (χ2n) is 6.28. The van der Waals surface area contributed by atoms with E-state index in [9.17, 15) is 4.79 Å². The van der Waals surface area contributed by atoms with Gasteiger partial charge in [0.25, 0.3) is 5.91 Å². The summed E-state index contributed by atoms with van der Waals surface area (Å²) in [5, 5.41) is 9.69. The first kappa shape index (κ1) is 15.7. The fourth-order valence-electron chi connectivity index (χ4n) is 3.44. The minimum atomic E-state index is -0.0980. The second-order valence-corrected chi connectivity index (χ2v) is 6.71. The first-order valence-corrected chi connectivity index (χ1v) is 8.47. The summed E-state index contributed by atoms with van der Waals surface area (Å²) < 4.78 is 1.70. The number of aromatic nitrogens is 3. The van der Waals surface area contributed by atoms with Gasteiger partial charge in [0.2, 0.25) is 0 Å². The van der Waals surface area contributed by atoms with Crippen LogP contribution in [0.15, 0.2) is 30.5 Å². The van der Waals surface area contributed by atoms with E-state index in [0.717, 1.165) is 29.7 Å². The highest BCUT2D eigenvalue weighted by Crippen LogP contribution is 2.33. The van der Waals surface area contributed by atoms with Crippen molar-refractivity contribution in [2.75, 3.05) is 6.54 Å². The first-order chi connectivity index (χ1) is 12.1. The minimum Gasteiger partial charge on any atom is -0.345 e. The number of nitrogens with one attached hydrogen (secondary N) is 1. The Bertz CT molecular complexity index is 1010. The number of imidazole rings is 1. The predicted molar refractivity (Wildman–Crippen MR) is 94.2 cm³/mol. The van der Waals surface area contributed by atoms with E-state index in [2.05, 4.69) is 16.0 Å². The number of nitriles is 1. The zero-order chi connectivity index (χ0) is 17.6. The lowest BCUT2D eigenvalue weighted by Gasteiger charge is -2.23. The summed E-state index contributed by atoms with van der Waals surface area (Å²) in [7, 11) is 1.78. The van der Waals surface area contributed by atoms with E-state index in [1.165, 1.54) is 0 Å². The third-order valence-corrected chi connectivity index (χ3v) is 4.88. The van der Waals surface area contributed by atoms with Crippen LogP contribution in [0.25, 0.3) is 11.0 Å². The zero-order valence-corrected chi connectivity index (χ0v) is 14.4. The standard InChI is InChI=1S/C18H16ClN5O/c1-23-10-11(9-20)7-16(23)18(25)24-6-2-3-15(24)17-21-13-5-4-12(19)8-14(13)22-17/h4-5,7-8,10,15H,2-3,6H2,1H3,(H,21,22)/t15-/m0/s1. The van der Waals surface area contributed by atoms with Gasteiger partial charge in [-0.15, -0.1) is 0 Å². The summed E-state index contributed by atoms with van der Waals surface area (Å²) in [4.78, 5) is 22.7. The minimum absolute atomic E-state index is 0.0787. The molecule has 0 saturated carbocycles. The van der Waals surface area contributed by atoms with Crippen LogP contribution in [0.4, 0.5) is 0 Å². The number of aromatic amines is 1. The molecule has 1 aliphatic rings. The Balaban J connectivity index is 1.68. The molecule has 3 aromatic rings. The molecule has 7 heteroatoms. The average Bonchev–Trinajstić information content (AvgIpc) is 3.30. The lowest BCUT2D eigenvalue weighted by molar-refractivity contribution is 0.0721. The van der Waals surface area contributed by atoms with Crippen LogP contribution in [0.1, 0.15) is 40.8 Å². The van der Waals surface area contributed by atoms with E-state index in [4.69, 9.17) is 16.9 Å². The fraction of sp³-hybridized carbons (Fsp3) is 0.278. The van der Waals surface area contributed by atoms with Crippen LogP contribution in [-0.2, 0) is 7.05 Å². The number of aryl methyl sites for hydroxylation is 1. The molecule has 1 N–H and O–H groups in total. The molecule has 4 rings (SSSR count). The maximum absolute atomic E-state index is 13.0. The molecule has 0 radical (unpaired) electrons. The largest absolute Gasteiger partial charge is 0.345 e. The highest BCUT2D eigenvalue weighted by atomic mass is 35.5. The van der Waals surface area contributed by atoms with Gasteiger partial charge >= 0.3 is 0 Å². The van der Waals surface area contributed by atoms with Crippen molar-refractivity contribution >= 4 is 28.5 Å². The average molecular weight is 354 g/mol. The highest BCUT2D eigenvalue weighted by Gasteiger charge is 2.33. The Hall–Kier alpha value is -2.78. The van der Waals surface area contributed by atoms with E-state index >= 15 is 0 Å². The van der Waals surface area contributed by atoms with Crippen LogP contribution in [0.2, 0.25) is 5.02 Å². The van der Waals surface area contributed by atoms with Crippen molar-refractivity contribution in [2.45, 2.75) is 18.9 Å². The molecule has 126 valence electrons. The molecule has 1 fully saturated rings. The van der Waals surface area contributed by atoms with Crippen LogP contribution in [0, 0.1) is 11.3 Å². The normalized spacial score (nSPS) is 17.2. The number of hydrogen-bond donors (Lipinski definition) is 1. The number of nitrogens with zero attached hydrogens (tertiary/aromatic N) is 4. The van der Waals surface area contributed by atoms with E-state index < -0.39 is 0 Å². The van der Waals surface area contributed by atoms with Crippen molar-refractivity contribution in [3.8, 4) is 6.07 Å². The molecule has 3 heterocycles. The number of hydrogen-bond acceptors (Lipinski definition) is 3. The molecule has 1 aliphatic heterocycles. The maximum atomic E-state index is 13.0. The van der Waals surface area contributed by atoms with Crippen molar-refractivity contribution in [3.05, 3.63) is 52.6 Å². The van der Waals surface area contributed by atoms with Gasteiger partial charge < -0.3 is 14.5 Å². The number of H-pyrrole nitrogens is 1. The summed E-state index contributed by atoms with van der Waals surface area (Å²) in [6, 6.07) is 9.13. The van der Waals surface area contributed by atoms with E-state index in [-0.39, 0.29) is 11.9 Å². The highest BCUT2D eigenvalue weighted by molar-refractivity contribution is 6.31. The van der Waals surface area contributed by atoms with Crippen LogP contribution in [0.3, 0.4) is 0 Å². The summed E-state index contributed by atoms with van der Waals surface area (Å²) in [5.74, 6) is 0.697. The number of carbonyl (C=O) groups excluding carboxylic acids is 1. The van der Waals surface area contributed by atoms with E-state index in [1.54, 1.807) is 29.9 Å². The van der Waals surface area contributed by atoms with Gasteiger partial charge in [-0.2, -0.15) is 5.26 Å². The SMILES string of the molecule is Cn1cc(C#N)cc1C(=O)N1CCC[C@H]1c1nc2ccc(Cl)cc2[nH]1. The summed E-state index contributed by atoms with van der Waals surface area (Å²) in [6.07, 6.45) is 3.44. The van der Waals surface area contributed by atoms with Crippen molar-refractivity contribution in [1.82, 2.24) is 19.4 Å². The van der Waals surface area contributed by atoms with Gasteiger partial charge in [-0.05, 0) is 37.1 Å². The van der Waals surface area contributed by atoms with Crippen LogP contribution < -0.4 is 0 Å². The van der Waals surface area contributed by atoms with Gasteiger partial charge in [-0.3, -0.25) is 4.79 Å². The monoisotopic (exact) mass is 353 g/mol. The van der Waals surface area contributed by atoms with Crippen molar-refractivity contribution < 1.29 is 4.79 Å². The number of amides is 1. The molecule has 0 aliphatic carbocycles. The molecule has 1 aromatic carbocycles. The fourth-order valence-corrected chi connectivity index (χ4v) is 3.61. The third-order valence-electron chi connectivity index (χ3n) is 4.64.